The fourth-order valence-electron chi connectivity index (χ4n) is 2.74. The molecular weight excluding hydrogens is 232 g/mol. The van der Waals surface area contributed by atoms with Crippen LogP contribution in [0.5, 0.6) is 0 Å². The van der Waals surface area contributed by atoms with Gasteiger partial charge in [0.15, 0.2) is 0 Å². The predicted octanol–water partition coefficient (Wildman–Crippen LogP) is 1.36. The van der Waals surface area contributed by atoms with Crippen LogP contribution in [0.3, 0.4) is 0 Å². The van der Waals surface area contributed by atoms with Crippen LogP contribution in [0.1, 0.15) is 33.6 Å². The molecule has 104 valence electrons. The van der Waals surface area contributed by atoms with Gasteiger partial charge in [-0.1, -0.05) is 0 Å². The SMILES string of the molecule is CC(C)(C)OC(=O)N1CCCC2(COCC2N)C1. The fourth-order valence-corrected chi connectivity index (χ4v) is 2.74. The van der Waals surface area contributed by atoms with Crippen LogP contribution >= 0.6 is 0 Å². The molecule has 2 heterocycles. The minimum absolute atomic E-state index is 0.0303. The molecule has 2 aliphatic heterocycles. The van der Waals surface area contributed by atoms with E-state index >= 15 is 0 Å². The van der Waals surface area contributed by atoms with Crippen molar-refractivity contribution in [3.05, 3.63) is 0 Å². The van der Waals surface area contributed by atoms with E-state index in [-0.39, 0.29) is 17.6 Å². The van der Waals surface area contributed by atoms with E-state index in [9.17, 15) is 4.79 Å². The number of carbonyl (C=O) groups is 1. The normalized spacial score (nSPS) is 32.9. The smallest absolute Gasteiger partial charge is 0.410 e. The van der Waals surface area contributed by atoms with Crippen molar-refractivity contribution in [1.29, 1.82) is 0 Å². The predicted molar refractivity (Wildman–Crippen MR) is 68.3 cm³/mol. The minimum Gasteiger partial charge on any atom is -0.444 e. The van der Waals surface area contributed by atoms with Crippen LogP contribution in [0.2, 0.25) is 0 Å². The van der Waals surface area contributed by atoms with E-state index in [0.29, 0.717) is 19.8 Å². The number of nitrogens with two attached hydrogens (primary N) is 1. The van der Waals surface area contributed by atoms with Crippen LogP contribution < -0.4 is 5.73 Å². The van der Waals surface area contributed by atoms with Gasteiger partial charge in [0.25, 0.3) is 0 Å². The van der Waals surface area contributed by atoms with Crippen LogP contribution in [-0.4, -0.2) is 48.9 Å². The molecule has 0 aromatic heterocycles. The summed E-state index contributed by atoms with van der Waals surface area (Å²) in [6.45, 7) is 8.32. The Kier molecular flexibility index (Phi) is 3.56. The van der Waals surface area contributed by atoms with Gasteiger partial charge in [0.1, 0.15) is 5.60 Å². The Bertz CT molecular complexity index is 327. The average molecular weight is 256 g/mol. The maximum atomic E-state index is 12.1. The molecule has 2 saturated heterocycles. The van der Waals surface area contributed by atoms with Gasteiger partial charge >= 0.3 is 6.09 Å². The van der Waals surface area contributed by atoms with Gasteiger partial charge in [-0.05, 0) is 33.6 Å². The third-order valence-corrected chi connectivity index (χ3v) is 3.73. The highest BCUT2D eigenvalue weighted by atomic mass is 16.6. The summed E-state index contributed by atoms with van der Waals surface area (Å²) in [4.78, 5) is 13.9. The quantitative estimate of drug-likeness (QED) is 0.711. The van der Waals surface area contributed by atoms with Crippen molar-refractivity contribution in [3.8, 4) is 0 Å². The van der Waals surface area contributed by atoms with Gasteiger partial charge in [0, 0.05) is 24.5 Å². The Labute approximate surface area is 109 Å². The van der Waals surface area contributed by atoms with E-state index in [1.807, 2.05) is 20.8 Å². The van der Waals surface area contributed by atoms with Gasteiger partial charge < -0.3 is 20.1 Å². The van der Waals surface area contributed by atoms with Crippen molar-refractivity contribution in [1.82, 2.24) is 4.90 Å². The van der Waals surface area contributed by atoms with E-state index in [1.54, 1.807) is 4.90 Å². The van der Waals surface area contributed by atoms with Crippen LogP contribution in [0.4, 0.5) is 4.79 Å². The van der Waals surface area contributed by atoms with Crippen molar-refractivity contribution in [2.75, 3.05) is 26.3 Å². The number of piperidine rings is 1. The molecule has 0 saturated carbocycles. The third kappa shape index (κ3) is 2.78. The number of hydrogen-bond acceptors (Lipinski definition) is 4. The van der Waals surface area contributed by atoms with E-state index in [2.05, 4.69) is 0 Å². The first kappa shape index (κ1) is 13.6. The minimum atomic E-state index is -0.448. The van der Waals surface area contributed by atoms with Gasteiger partial charge in [-0.15, -0.1) is 0 Å². The molecule has 0 aliphatic carbocycles. The van der Waals surface area contributed by atoms with Crippen molar-refractivity contribution in [3.63, 3.8) is 0 Å². The summed E-state index contributed by atoms with van der Waals surface area (Å²) in [6, 6.07) is 0.0303. The highest BCUT2D eigenvalue weighted by Gasteiger charge is 2.46. The van der Waals surface area contributed by atoms with Crippen LogP contribution in [0.15, 0.2) is 0 Å². The second-order valence-electron chi connectivity index (χ2n) is 6.49. The third-order valence-electron chi connectivity index (χ3n) is 3.73. The first-order valence-corrected chi connectivity index (χ1v) is 6.64. The standard InChI is InChI=1S/C13H24N2O3/c1-12(2,3)18-11(16)15-6-4-5-13(8-15)9-17-7-10(13)14/h10H,4-9,14H2,1-3H3. The first-order valence-electron chi connectivity index (χ1n) is 6.64. The Balaban J connectivity index is 2.01. The Morgan fingerprint density at radius 1 is 1.50 bits per heavy atom. The summed E-state index contributed by atoms with van der Waals surface area (Å²) in [5.74, 6) is 0. The number of amides is 1. The molecule has 2 unspecified atom stereocenters. The molecular formula is C13H24N2O3. The highest BCUT2D eigenvalue weighted by Crippen LogP contribution is 2.37. The van der Waals surface area contributed by atoms with Crippen LogP contribution in [0.25, 0.3) is 0 Å². The van der Waals surface area contributed by atoms with Gasteiger partial charge in [-0.2, -0.15) is 0 Å². The lowest BCUT2D eigenvalue weighted by molar-refractivity contribution is 0.000565. The van der Waals surface area contributed by atoms with Crippen molar-refractivity contribution in [2.45, 2.75) is 45.3 Å². The fraction of sp³-hybridized carbons (Fsp3) is 0.923. The van der Waals surface area contributed by atoms with E-state index < -0.39 is 5.60 Å². The summed E-state index contributed by atoms with van der Waals surface area (Å²) in [6.07, 6.45) is 1.77. The number of ether oxygens (including phenoxy) is 2. The number of likely N-dealkylation sites (tertiary alicyclic amines) is 1. The molecule has 2 fully saturated rings. The lowest BCUT2D eigenvalue weighted by Gasteiger charge is -2.41. The largest absolute Gasteiger partial charge is 0.444 e. The maximum absolute atomic E-state index is 12.1. The number of hydrogen-bond donors (Lipinski definition) is 1. The van der Waals surface area contributed by atoms with Crippen molar-refractivity contribution >= 4 is 6.09 Å². The summed E-state index contributed by atoms with van der Waals surface area (Å²) < 4.78 is 10.9. The van der Waals surface area contributed by atoms with Gasteiger partial charge in [0.05, 0.1) is 13.2 Å². The topological polar surface area (TPSA) is 64.8 Å². The van der Waals surface area contributed by atoms with Crippen LogP contribution in [0, 0.1) is 5.41 Å². The molecule has 1 spiro atoms. The van der Waals surface area contributed by atoms with E-state index in [0.717, 1.165) is 19.4 Å². The summed E-state index contributed by atoms with van der Waals surface area (Å²) in [5.41, 5.74) is 5.62. The number of rotatable bonds is 0. The molecule has 2 rings (SSSR count). The first-order chi connectivity index (χ1) is 8.32. The molecule has 0 aromatic carbocycles. The van der Waals surface area contributed by atoms with Gasteiger partial charge in [-0.25, -0.2) is 4.79 Å². The molecule has 5 heteroatoms. The van der Waals surface area contributed by atoms with Gasteiger partial charge in [-0.3, -0.25) is 0 Å². The number of nitrogens with zero attached hydrogens (tertiary/aromatic N) is 1. The lowest BCUT2D eigenvalue weighted by Crippen LogP contribution is -2.54. The monoisotopic (exact) mass is 256 g/mol. The molecule has 2 aliphatic rings. The second-order valence-corrected chi connectivity index (χ2v) is 6.49. The molecule has 0 bridgehead atoms. The molecule has 5 nitrogen and oxygen atoms in total. The average Bonchev–Trinajstić information content (AvgIpc) is 2.58. The zero-order valence-electron chi connectivity index (χ0n) is 11.6. The molecule has 2 N–H and O–H groups in total. The zero-order valence-corrected chi connectivity index (χ0v) is 11.6. The zero-order chi connectivity index (χ0) is 13.4. The molecule has 2 atom stereocenters. The highest BCUT2D eigenvalue weighted by molar-refractivity contribution is 5.68. The van der Waals surface area contributed by atoms with E-state index in [4.69, 9.17) is 15.2 Å². The molecule has 1 amide bonds. The molecule has 18 heavy (non-hydrogen) atoms. The van der Waals surface area contributed by atoms with Crippen molar-refractivity contribution in [2.24, 2.45) is 11.1 Å². The summed E-state index contributed by atoms with van der Waals surface area (Å²) in [5, 5.41) is 0. The Morgan fingerprint density at radius 3 is 2.78 bits per heavy atom. The maximum Gasteiger partial charge on any atom is 0.410 e. The molecule has 0 radical (unpaired) electrons. The van der Waals surface area contributed by atoms with Gasteiger partial charge in [0.2, 0.25) is 0 Å². The number of carbonyl (C=O) groups excluding carboxylic acids is 1. The Morgan fingerprint density at radius 2 is 2.22 bits per heavy atom. The summed E-state index contributed by atoms with van der Waals surface area (Å²) in [7, 11) is 0. The molecule has 0 aromatic rings. The second kappa shape index (κ2) is 4.70. The van der Waals surface area contributed by atoms with Crippen molar-refractivity contribution < 1.29 is 14.3 Å². The van der Waals surface area contributed by atoms with Crippen LogP contribution in [-0.2, 0) is 9.47 Å². The summed E-state index contributed by atoms with van der Waals surface area (Å²) >= 11 is 0. The Hall–Kier alpha value is -0.810. The van der Waals surface area contributed by atoms with E-state index in [1.165, 1.54) is 0 Å². The lowest BCUT2D eigenvalue weighted by atomic mass is 9.76.